The van der Waals surface area contributed by atoms with E-state index in [0.29, 0.717) is 10.3 Å². The quantitative estimate of drug-likeness (QED) is 0.589. The van der Waals surface area contributed by atoms with Crippen molar-refractivity contribution in [3.8, 4) is 0 Å². The standard InChI is InChI=1S/C14H20BrN3O3S/c1-22(20,21)18(10-14(16)19,12-6-2-3-7-12)9-11-5-4-8-13(15)17-11/h4-5,8,12H,2-3,6-7,9-10H2,1H3,(H-,16,19)/p+1. The van der Waals surface area contributed by atoms with Crippen molar-refractivity contribution in [2.45, 2.75) is 38.3 Å². The van der Waals surface area contributed by atoms with E-state index in [9.17, 15) is 13.2 Å². The van der Waals surface area contributed by atoms with Gasteiger partial charge in [-0.05, 0) is 40.9 Å². The Morgan fingerprint density at radius 2 is 2.05 bits per heavy atom. The summed E-state index contributed by atoms with van der Waals surface area (Å²) < 4.78 is 25.5. The van der Waals surface area contributed by atoms with Crippen LogP contribution in [-0.2, 0) is 21.4 Å². The molecule has 1 amide bonds. The van der Waals surface area contributed by atoms with Crippen molar-refractivity contribution >= 4 is 31.9 Å². The second-order valence-electron chi connectivity index (χ2n) is 5.86. The number of halogens is 1. The van der Waals surface area contributed by atoms with E-state index in [1.807, 2.05) is 6.07 Å². The molecule has 1 aliphatic carbocycles. The number of hydrogen-bond acceptors (Lipinski definition) is 4. The Balaban J connectivity index is 2.48. The van der Waals surface area contributed by atoms with Gasteiger partial charge < -0.3 is 5.73 Å². The minimum atomic E-state index is -3.53. The van der Waals surface area contributed by atoms with Crippen molar-refractivity contribution in [1.82, 2.24) is 4.98 Å². The number of pyridine rings is 1. The van der Waals surface area contributed by atoms with Gasteiger partial charge in [-0.1, -0.05) is 6.07 Å². The highest BCUT2D eigenvalue weighted by Gasteiger charge is 2.48. The summed E-state index contributed by atoms with van der Waals surface area (Å²) in [5.74, 6) is -0.604. The Morgan fingerprint density at radius 1 is 1.41 bits per heavy atom. The maximum atomic E-state index is 12.6. The summed E-state index contributed by atoms with van der Waals surface area (Å²) in [5.41, 5.74) is 6.01. The first-order valence-electron chi connectivity index (χ1n) is 7.21. The average molecular weight is 391 g/mol. The molecule has 122 valence electrons. The fourth-order valence-corrected chi connectivity index (χ4v) is 5.13. The molecule has 1 unspecified atom stereocenters. The Hall–Kier alpha value is -0.990. The molecule has 6 nitrogen and oxygen atoms in total. The van der Waals surface area contributed by atoms with Crippen LogP contribution in [0.5, 0.6) is 0 Å². The van der Waals surface area contributed by atoms with Gasteiger partial charge in [-0.25, -0.2) is 8.87 Å². The SMILES string of the molecule is CS(=O)(=O)[N+](CC(N)=O)(Cc1cccc(Br)n1)C1CCCC1. The van der Waals surface area contributed by atoms with Crippen LogP contribution in [0.1, 0.15) is 31.4 Å². The Labute approximate surface area is 139 Å². The van der Waals surface area contributed by atoms with Gasteiger partial charge in [-0.3, -0.25) is 4.79 Å². The van der Waals surface area contributed by atoms with Crippen LogP contribution < -0.4 is 5.73 Å². The highest BCUT2D eigenvalue weighted by atomic mass is 79.9. The molecule has 1 aliphatic rings. The average Bonchev–Trinajstić information content (AvgIpc) is 2.90. The Morgan fingerprint density at radius 3 is 2.55 bits per heavy atom. The van der Waals surface area contributed by atoms with Crippen molar-refractivity contribution in [3.63, 3.8) is 0 Å². The smallest absolute Gasteiger partial charge is 0.295 e. The first-order chi connectivity index (χ1) is 10.2. The maximum Gasteiger partial charge on any atom is 0.295 e. The van der Waals surface area contributed by atoms with E-state index in [1.165, 1.54) is 6.26 Å². The largest absolute Gasteiger partial charge is 0.365 e. The molecule has 0 bridgehead atoms. The van der Waals surface area contributed by atoms with Crippen LogP contribution in [0.4, 0.5) is 0 Å². The zero-order chi connectivity index (χ0) is 16.4. The lowest BCUT2D eigenvalue weighted by Crippen LogP contribution is -2.60. The summed E-state index contributed by atoms with van der Waals surface area (Å²) in [6, 6.07) is 5.26. The van der Waals surface area contributed by atoms with Gasteiger partial charge in [0, 0.05) is 12.8 Å². The third kappa shape index (κ3) is 3.67. The van der Waals surface area contributed by atoms with Gasteiger partial charge in [0.05, 0.1) is 11.9 Å². The zero-order valence-corrected chi connectivity index (χ0v) is 14.9. The molecule has 1 aromatic rings. The number of sulfonamides is 1. The number of primary amides is 1. The molecule has 1 saturated carbocycles. The number of rotatable bonds is 6. The van der Waals surface area contributed by atoms with Gasteiger partial charge in [-0.2, -0.15) is 8.42 Å². The van der Waals surface area contributed by atoms with E-state index in [1.54, 1.807) is 12.1 Å². The van der Waals surface area contributed by atoms with Crippen molar-refractivity contribution in [2.24, 2.45) is 5.73 Å². The second-order valence-corrected chi connectivity index (χ2v) is 8.86. The summed E-state index contributed by atoms with van der Waals surface area (Å²) in [5, 5.41) is 0. The highest BCUT2D eigenvalue weighted by Crippen LogP contribution is 2.34. The van der Waals surface area contributed by atoms with Gasteiger partial charge in [0.25, 0.3) is 15.9 Å². The molecule has 2 rings (SSSR count). The molecule has 2 N–H and O–H groups in total. The molecule has 1 heterocycles. The number of amides is 1. The summed E-state index contributed by atoms with van der Waals surface area (Å²) in [6.07, 6.45) is 4.71. The van der Waals surface area contributed by atoms with E-state index < -0.39 is 15.9 Å². The maximum absolute atomic E-state index is 12.6. The van der Waals surface area contributed by atoms with Gasteiger partial charge in [0.1, 0.15) is 17.2 Å². The van der Waals surface area contributed by atoms with Crippen LogP contribution in [0.25, 0.3) is 0 Å². The van der Waals surface area contributed by atoms with E-state index >= 15 is 0 Å². The van der Waals surface area contributed by atoms with Crippen LogP contribution in [0.3, 0.4) is 0 Å². The van der Waals surface area contributed by atoms with Crippen molar-refractivity contribution in [3.05, 3.63) is 28.5 Å². The van der Waals surface area contributed by atoms with Gasteiger partial charge in [0.15, 0.2) is 6.54 Å². The fourth-order valence-electron chi connectivity index (χ4n) is 3.27. The number of aromatic nitrogens is 1. The molecule has 0 radical (unpaired) electrons. The predicted molar refractivity (Wildman–Crippen MR) is 87.1 cm³/mol. The van der Waals surface area contributed by atoms with E-state index in [-0.39, 0.29) is 23.0 Å². The third-order valence-electron chi connectivity index (χ3n) is 4.28. The van der Waals surface area contributed by atoms with E-state index in [0.717, 1.165) is 25.7 Å². The summed E-state index contributed by atoms with van der Waals surface area (Å²) in [4.78, 5) is 15.9. The number of carbonyl (C=O) groups is 1. The zero-order valence-electron chi connectivity index (χ0n) is 12.5. The molecule has 0 aliphatic heterocycles. The van der Waals surface area contributed by atoms with Crippen LogP contribution in [0, 0.1) is 0 Å². The molecular weight excluding hydrogens is 370 g/mol. The lowest BCUT2D eigenvalue weighted by molar-refractivity contribution is -0.838. The molecule has 0 spiro atoms. The summed E-state index contributed by atoms with van der Waals surface area (Å²) in [6.45, 7) is -0.0520. The number of carbonyl (C=O) groups excluding carboxylic acids is 1. The first kappa shape index (κ1) is 17.4. The topological polar surface area (TPSA) is 90.1 Å². The molecule has 0 aromatic carbocycles. The number of quaternary nitrogens is 1. The number of nitrogens with two attached hydrogens (primary N) is 1. The van der Waals surface area contributed by atoms with Crippen molar-refractivity contribution in [1.29, 1.82) is 0 Å². The van der Waals surface area contributed by atoms with Crippen LogP contribution in [0.15, 0.2) is 22.8 Å². The van der Waals surface area contributed by atoms with E-state index in [2.05, 4.69) is 20.9 Å². The molecule has 0 saturated heterocycles. The van der Waals surface area contributed by atoms with Gasteiger partial charge in [-0.15, -0.1) is 0 Å². The lowest BCUT2D eigenvalue weighted by atomic mass is 10.2. The molecule has 1 atom stereocenters. The van der Waals surface area contributed by atoms with Crippen LogP contribution >= 0.6 is 15.9 Å². The second kappa shape index (κ2) is 6.64. The predicted octanol–water partition coefficient (Wildman–Crippen LogP) is 1.55. The molecule has 1 aromatic heterocycles. The minimum absolute atomic E-state index is 0.108. The van der Waals surface area contributed by atoms with Crippen LogP contribution in [-0.4, -0.2) is 42.0 Å². The highest BCUT2D eigenvalue weighted by molar-refractivity contribution is 9.10. The number of nitrogens with zero attached hydrogens (tertiary/aromatic N) is 2. The van der Waals surface area contributed by atoms with Gasteiger partial charge in [0.2, 0.25) is 0 Å². The van der Waals surface area contributed by atoms with Crippen molar-refractivity contribution in [2.75, 3.05) is 12.8 Å². The van der Waals surface area contributed by atoms with Crippen LogP contribution in [0.2, 0.25) is 0 Å². The summed E-state index contributed by atoms with van der Waals surface area (Å²) >= 11 is 3.30. The molecule has 22 heavy (non-hydrogen) atoms. The molecule has 1 fully saturated rings. The fraction of sp³-hybridized carbons (Fsp3) is 0.571. The number of hydrogen-bond donors (Lipinski definition) is 1. The third-order valence-corrected chi connectivity index (χ3v) is 6.60. The van der Waals surface area contributed by atoms with E-state index in [4.69, 9.17) is 5.73 Å². The molecule has 8 heteroatoms. The normalized spacial score (nSPS) is 19.0. The van der Waals surface area contributed by atoms with Gasteiger partial charge >= 0.3 is 0 Å². The minimum Gasteiger partial charge on any atom is -0.365 e. The summed E-state index contributed by atoms with van der Waals surface area (Å²) in [7, 11) is -3.53. The Kier molecular flexibility index (Phi) is 5.24. The lowest BCUT2D eigenvalue weighted by Gasteiger charge is -2.39. The molecular formula is C14H21BrN3O3S+. The monoisotopic (exact) mass is 390 g/mol. The van der Waals surface area contributed by atoms with Crippen molar-refractivity contribution < 1.29 is 17.1 Å². The first-order valence-corrected chi connectivity index (χ1v) is 9.85. The Bertz CT molecular complexity index is 659.